The van der Waals surface area contributed by atoms with Crippen LogP contribution in [0.4, 0.5) is 10.5 Å². The van der Waals surface area contributed by atoms with Gasteiger partial charge in [-0.25, -0.2) is 14.8 Å². The Hall–Kier alpha value is -4.40. The molecule has 1 aliphatic heterocycles. The first kappa shape index (κ1) is 24.3. The van der Waals surface area contributed by atoms with E-state index in [1.807, 2.05) is 58.9 Å². The number of amides is 3. The van der Waals surface area contributed by atoms with Crippen LogP contribution >= 0.6 is 0 Å². The van der Waals surface area contributed by atoms with Gasteiger partial charge in [-0.2, -0.15) is 0 Å². The molecule has 0 atom stereocenters. The van der Waals surface area contributed by atoms with Crippen molar-refractivity contribution in [3.63, 3.8) is 0 Å². The summed E-state index contributed by atoms with van der Waals surface area (Å²) in [7, 11) is 1.53. The van der Waals surface area contributed by atoms with Crippen molar-refractivity contribution in [3.05, 3.63) is 89.5 Å². The number of ether oxygens (including phenoxy) is 1. The van der Waals surface area contributed by atoms with Crippen molar-refractivity contribution in [2.24, 2.45) is 0 Å². The molecule has 9 nitrogen and oxygen atoms in total. The molecule has 0 saturated carbocycles. The number of imidazole rings is 1. The quantitative estimate of drug-likeness (QED) is 0.411. The second-order valence-electron chi connectivity index (χ2n) is 9.29. The van der Waals surface area contributed by atoms with Gasteiger partial charge in [0, 0.05) is 50.1 Å². The van der Waals surface area contributed by atoms with Gasteiger partial charge in [0.05, 0.1) is 7.11 Å². The Morgan fingerprint density at radius 1 is 1.05 bits per heavy atom. The predicted molar refractivity (Wildman–Crippen MR) is 141 cm³/mol. The Bertz CT molecular complexity index is 1410. The fraction of sp³-hybridized carbons (Fsp3) is 0.286. The van der Waals surface area contributed by atoms with E-state index < -0.39 is 0 Å². The number of anilines is 1. The van der Waals surface area contributed by atoms with Gasteiger partial charge < -0.3 is 24.7 Å². The minimum absolute atomic E-state index is 0.0400. The zero-order valence-corrected chi connectivity index (χ0v) is 21.0. The second-order valence-corrected chi connectivity index (χ2v) is 9.29. The molecule has 9 heteroatoms. The fourth-order valence-electron chi connectivity index (χ4n) is 4.72. The molecule has 0 unspecified atom stereocenters. The number of benzene rings is 1. The number of nitrogens with zero attached hydrogens (tertiary/aromatic N) is 4. The largest absolute Gasteiger partial charge is 0.480 e. The molecule has 5 rings (SSSR count). The number of urea groups is 1. The second kappa shape index (κ2) is 10.7. The van der Waals surface area contributed by atoms with Crippen LogP contribution in [0.3, 0.4) is 0 Å². The number of hydrogen-bond donors (Lipinski definition) is 2. The number of hydrogen-bond acceptors (Lipinski definition) is 5. The number of nitrogens with one attached hydrogen (secondary N) is 2. The van der Waals surface area contributed by atoms with Gasteiger partial charge in [0.25, 0.3) is 5.91 Å². The molecule has 0 spiro atoms. The first-order valence-electron chi connectivity index (χ1n) is 12.4. The standard InChI is InChI=1S/C28H30N6O3/c1-19-15-24(26(37-2)30-17-19)27(35)34-12-8-22(9-13-34)21-3-5-23(6-4-21)32-28(36)31-18-20-7-11-33-14-10-29-25(33)16-20/h3-7,10-11,14-17,22H,8-9,12-13,18H2,1-2H3,(H2,31,32,36). The van der Waals surface area contributed by atoms with Gasteiger partial charge in [-0.05, 0) is 72.7 Å². The van der Waals surface area contributed by atoms with Gasteiger partial charge in [-0.15, -0.1) is 0 Å². The van der Waals surface area contributed by atoms with E-state index in [-0.39, 0.29) is 11.9 Å². The summed E-state index contributed by atoms with van der Waals surface area (Å²) in [6, 6.07) is 13.4. The molecule has 0 radical (unpaired) electrons. The van der Waals surface area contributed by atoms with Crippen molar-refractivity contribution in [1.29, 1.82) is 0 Å². The molecule has 1 aliphatic rings. The molecule has 190 valence electrons. The summed E-state index contributed by atoms with van der Waals surface area (Å²) in [5.41, 5.74) is 5.20. The minimum atomic E-state index is -0.260. The normalized spacial score (nSPS) is 13.9. The van der Waals surface area contributed by atoms with Gasteiger partial charge >= 0.3 is 6.03 Å². The molecule has 1 saturated heterocycles. The monoisotopic (exact) mass is 498 g/mol. The van der Waals surface area contributed by atoms with E-state index in [4.69, 9.17) is 4.74 Å². The Kier molecular flexibility index (Phi) is 7.02. The number of likely N-dealkylation sites (tertiary alicyclic amines) is 1. The highest BCUT2D eigenvalue weighted by Gasteiger charge is 2.26. The van der Waals surface area contributed by atoms with Crippen LogP contribution in [-0.4, -0.2) is 51.4 Å². The van der Waals surface area contributed by atoms with Crippen molar-refractivity contribution < 1.29 is 14.3 Å². The van der Waals surface area contributed by atoms with Crippen molar-refractivity contribution >= 4 is 23.3 Å². The van der Waals surface area contributed by atoms with Crippen LogP contribution in [0.5, 0.6) is 5.88 Å². The molecule has 4 heterocycles. The van der Waals surface area contributed by atoms with E-state index in [1.54, 1.807) is 12.4 Å². The zero-order valence-electron chi connectivity index (χ0n) is 21.0. The average molecular weight is 499 g/mol. The molecule has 37 heavy (non-hydrogen) atoms. The van der Waals surface area contributed by atoms with Crippen LogP contribution < -0.4 is 15.4 Å². The number of carbonyl (C=O) groups excluding carboxylic acids is 2. The summed E-state index contributed by atoms with van der Waals surface area (Å²) < 4.78 is 7.22. The predicted octanol–water partition coefficient (Wildman–Crippen LogP) is 4.39. The summed E-state index contributed by atoms with van der Waals surface area (Å²) in [6.07, 6.45) is 9.00. The van der Waals surface area contributed by atoms with Crippen molar-refractivity contribution in [2.45, 2.75) is 32.2 Å². The van der Waals surface area contributed by atoms with Crippen LogP contribution in [-0.2, 0) is 6.54 Å². The van der Waals surface area contributed by atoms with E-state index in [0.717, 1.165) is 35.3 Å². The summed E-state index contributed by atoms with van der Waals surface area (Å²) in [4.78, 5) is 35.8. The third-order valence-electron chi connectivity index (χ3n) is 6.75. The number of rotatable bonds is 6. The number of pyridine rings is 2. The van der Waals surface area contributed by atoms with Crippen LogP contribution in [0.1, 0.15) is 45.8 Å². The lowest BCUT2D eigenvalue weighted by molar-refractivity contribution is 0.0708. The maximum absolute atomic E-state index is 13.1. The number of carbonyl (C=O) groups is 2. The van der Waals surface area contributed by atoms with Gasteiger partial charge in [0.15, 0.2) is 0 Å². The van der Waals surface area contributed by atoms with Crippen molar-refractivity contribution in [2.75, 3.05) is 25.5 Å². The molecule has 4 aromatic rings. The van der Waals surface area contributed by atoms with Gasteiger partial charge in [0.2, 0.25) is 5.88 Å². The topological polar surface area (TPSA) is 101 Å². The maximum atomic E-state index is 13.1. The molecular formula is C28H30N6O3. The molecular weight excluding hydrogens is 468 g/mol. The van der Waals surface area contributed by atoms with E-state index >= 15 is 0 Å². The molecule has 1 aromatic carbocycles. The van der Waals surface area contributed by atoms with E-state index in [9.17, 15) is 9.59 Å². The van der Waals surface area contributed by atoms with E-state index in [0.29, 0.717) is 37.0 Å². The number of fused-ring (bicyclic) bond motifs is 1. The Morgan fingerprint density at radius 2 is 1.84 bits per heavy atom. The van der Waals surface area contributed by atoms with E-state index in [1.165, 1.54) is 12.7 Å². The highest BCUT2D eigenvalue weighted by Crippen LogP contribution is 2.30. The minimum Gasteiger partial charge on any atom is -0.480 e. The third-order valence-corrected chi connectivity index (χ3v) is 6.75. The maximum Gasteiger partial charge on any atom is 0.319 e. The van der Waals surface area contributed by atoms with Crippen LogP contribution in [0.2, 0.25) is 0 Å². The Labute approximate surface area is 215 Å². The highest BCUT2D eigenvalue weighted by atomic mass is 16.5. The number of piperidine rings is 1. The summed E-state index contributed by atoms with van der Waals surface area (Å²) >= 11 is 0. The van der Waals surface area contributed by atoms with Crippen molar-refractivity contribution in [3.8, 4) is 5.88 Å². The van der Waals surface area contributed by atoms with Crippen LogP contribution in [0.15, 0.2) is 67.3 Å². The lowest BCUT2D eigenvalue weighted by Crippen LogP contribution is -2.38. The summed E-state index contributed by atoms with van der Waals surface area (Å²) in [6.45, 7) is 3.68. The number of aromatic nitrogens is 3. The molecule has 2 N–H and O–H groups in total. The van der Waals surface area contributed by atoms with Crippen LogP contribution in [0, 0.1) is 6.92 Å². The fourth-order valence-corrected chi connectivity index (χ4v) is 4.72. The smallest absolute Gasteiger partial charge is 0.319 e. The number of aryl methyl sites for hydroxylation is 1. The third kappa shape index (κ3) is 5.55. The SMILES string of the molecule is COc1ncc(C)cc1C(=O)N1CCC(c2ccc(NC(=O)NCc3ccn4ccnc4c3)cc2)CC1. The molecule has 1 fully saturated rings. The molecule has 0 bridgehead atoms. The summed E-state index contributed by atoms with van der Waals surface area (Å²) in [5, 5.41) is 5.77. The first-order valence-corrected chi connectivity index (χ1v) is 12.4. The summed E-state index contributed by atoms with van der Waals surface area (Å²) in [5.74, 6) is 0.688. The Balaban J connectivity index is 1.12. The molecule has 3 amide bonds. The number of methoxy groups -OCH3 is 1. The van der Waals surface area contributed by atoms with Crippen molar-refractivity contribution in [1.82, 2.24) is 24.6 Å². The average Bonchev–Trinajstić information content (AvgIpc) is 3.40. The zero-order chi connectivity index (χ0) is 25.8. The van der Waals surface area contributed by atoms with Crippen LogP contribution in [0.25, 0.3) is 5.65 Å². The van der Waals surface area contributed by atoms with Gasteiger partial charge in [-0.1, -0.05) is 12.1 Å². The van der Waals surface area contributed by atoms with Gasteiger partial charge in [0.1, 0.15) is 11.2 Å². The Morgan fingerprint density at radius 3 is 2.59 bits per heavy atom. The molecule has 0 aliphatic carbocycles. The molecule has 3 aromatic heterocycles. The highest BCUT2D eigenvalue weighted by molar-refractivity contribution is 5.96. The lowest BCUT2D eigenvalue weighted by Gasteiger charge is -2.32. The van der Waals surface area contributed by atoms with E-state index in [2.05, 4.69) is 32.7 Å². The lowest BCUT2D eigenvalue weighted by atomic mass is 9.89. The van der Waals surface area contributed by atoms with Gasteiger partial charge in [-0.3, -0.25) is 4.79 Å². The first-order chi connectivity index (χ1) is 18.0.